The van der Waals surface area contributed by atoms with Gasteiger partial charge in [0.15, 0.2) is 0 Å². The van der Waals surface area contributed by atoms with Crippen LogP contribution in [0.4, 0.5) is 0 Å². The van der Waals surface area contributed by atoms with Gasteiger partial charge in [-0.1, -0.05) is 0 Å². The van der Waals surface area contributed by atoms with E-state index in [0.717, 1.165) is 0 Å². The van der Waals surface area contributed by atoms with E-state index in [-0.39, 0.29) is 5.28 Å². The van der Waals surface area contributed by atoms with Gasteiger partial charge in [0.2, 0.25) is 5.28 Å². The van der Waals surface area contributed by atoms with Gasteiger partial charge in [0, 0.05) is 6.54 Å². The minimum atomic E-state index is 0.221. The van der Waals surface area contributed by atoms with E-state index < -0.39 is 0 Å². The standard InChI is InChI=1S/C5H8ClN3O/c1-3-9-5(10-2)7-4(6)8-9/h3H2,1-2H3. The van der Waals surface area contributed by atoms with E-state index in [1.54, 1.807) is 4.68 Å². The Morgan fingerprint density at radius 2 is 2.40 bits per heavy atom. The number of aryl methyl sites for hydroxylation is 1. The second kappa shape index (κ2) is 2.88. The average molecular weight is 162 g/mol. The van der Waals surface area contributed by atoms with Crippen molar-refractivity contribution in [2.24, 2.45) is 0 Å². The van der Waals surface area contributed by atoms with Gasteiger partial charge in [-0.3, -0.25) is 0 Å². The molecule has 0 unspecified atom stereocenters. The number of methoxy groups -OCH3 is 1. The minimum absolute atomic E-state index is 0.221. The molecule has 5 heteroatoms. The molecule has 0 aliphatic carbocycles. The van der Waals surface area contributed by atoms with Crippen LogP contribution in [0.2, 0.25) is 5.28 Å². The van der Waals surface area contributed by atoms with Crippen LogP contribution in [-0.4, -0.2) is 21.9 Å². The number of ether oxygens (including phenoxy) is 1. The van der Waals surface area contributed by atoms with Gasteiger partial charge < -0.3 is 4.74 Å². The van der Waals surface area contributed by atoms with Gasteiger partial charge in [-0.05, 0) is 18.5 Å². The summed E-state index contributed by atoms with van der Waals surface area (Å²) < 4.78 is 6.45. The second-order valence-electron chi connectivity index (χ2n) is 1.68. The van der Waals surface area contributed by atoms with E-state index in [4.69, 9.17) is 16.3 Å². The van der Waals surface area contributed by atoms with E-state index >= 15 is 0 Å². The molecule has 1 aromatic heterocycles. The Balaban J connectivity index is 2.96. The first kappa shape index (κ1) is 7.34. The lowest BCUT2D eigenvalue weighted by Crippen LogP contribution is -1.99. The zero-order chi connectivity index (χ0) is 7.56. The normalized spacial score (nSPS) is 9.90. The van der Waals surface area contributed by atoms with Gasteiger partial charge in [0.1, 0.15) is 0 Å². The highest BCUT2D eigenvalue weighted by Gasteiger charge is 2.04. The number of halogens is 1. The number of aromatic nitrogens is 3. The monoisotopic (exact) mass is 161 g/mol. The summed E-state index contributed by atoms with van der Waals surface area (Å²) in [5, 5.41) is 4.07. The summed E-state index contributed by atoms with van der Waals surface area (Å²) in [5.41, 5.74) is 0. The fourth-order valence-electron chi connectivity index (χ4n) is 0.658. The van der Waals surface area contributed by atoms with Gasteiger partial charge in [-0.25, -0.2) is 4.68 Å². The summed E-state index contributed by atoms with van der Waals surface area (Å²) >= 11 is 5.50. The van der Waals surface area contributed by atoms with Crippen molar-refractivity contribution in [2.45, 2.75) is 13.5 Å². The maximum absolute atomic E-state index is 5.50. The lowest BCUT2D eigenvalue weighted by atomic mass is 10.8. The molecule has 0 amide bonds. The number of hydrogen-bond donors (Lipinski definition) is 0. The quantitative estimate of drug-likeness (QED) is 0.649. The van der Waals surface area contributed by atoms with Crippen LogP contribution in [0, 0.1) is 0 Å². The van der Waals surface area contributed by atoms with Crippen molar-refractivity contribution in [1.82, 2.24) is 14.8 Å². The third-order valence-corrected chi connectivity index (χ3v) is 1.25. The molecule has 0 N–H and O–H groups in total. The van der Waals surface area contributed by atoms with Crippen molar-refractivity contribution in [3.63, 3.8) is 0 Å². The Kier molecular flexibility index (Phi) is 2.11. The summed E-state index contributed by atoms with van der Waals surface area (Å²) in [6, 6.07) is 0.451. The molecule has 1 aromatic rings. The van der Waals surface area contributed by atoms with E-state index in [0.29, 0.717) is 12.6 Å². The maximum Gasteiger partial charge on any atom is 0.315 e. The Morgan fingerprint density at radius 1 is 1.70 bits per heavy atom. The average Bonchev–Trinajstić information content (AvgIpc) is 2.30. The van der Waals surface area contributed by atoms with E-state index in [2.05, 4.69) is 10.1 Å². The van der Waals surface area contributed by atoms with Crippen LogP contribution >= 0.6 is 11.6 Å². The predicted molar refractivity (Wildman–Crippen MR) is 37.3 cm³/mol. The van der Waals surface area contributed by atoms with Gasteiger partial charge >= 0.3 is 6.01 Å². The van der Waals surface area contributed by atoms with Crippen LogP contribution in [0.1, 0.15) is 6.92 Å². The first-order chi connectivity index (χ1) is 4.77. The van der Waals surface area contributed by atoms with Crippen LogP contribution in [0.3, 0.4) is 0 Å². The number of rotatable bonds is 2. The third kappa shape index (κ3) is 1.21. The predicted octanol–water partition coefficient (Wildman–Crippen LogP) is 0.960. The summed E-state index contributed by atoms with van der Waals surface area (Å²) in [6.45, 7) is 2.65. The van der Waals surface area contributed by atoms with Crippen LogP contribution in [-0.2, 0) is 6.54 Å². The van der Waals surface area contributed by atoms with Crippen molar-refractivity contribution in [1.29, 1.82) is 0 Å². The smallest absolute Gasteiger partial charge is 0.315 e. The van der Waals surface area contributed by atoms with Gasteiger partial charge in [0.05, 0.1) is 7.11 Å². The highest BCUT2D eigenvalue weighted by molar-refractivity contribution is 6.28. The van der Waals surface area contributed by atoms with Crippen molar-refractivity contribution in [3.8, 4) is 6.01 Å². The van der Waals surface area contributed by atoms with Crippen molar-refractivity contribution < 1.29 is 4.74 Å². The number of nitrogens with zero attached hydrogens (tertiary/aromatic N) is 3. The molecule has 10 heavy (non-hydrogen) atoms. The molecule has 0 bridgehead atoms. The molecular weight excluding hydrogens is 154 g/mol. The molecule has 0 saturated heterocycles. The highest BCUT2D eigenvalue weighted by Crippen LogP contribution is 2.09. The van der Waals surface area contributed by atoms with Crippen molar-refractivity contribution in [2.75, 3.05) is 7.11 Å². The summed E-state index contributed by atoms with van der Waals surface area (Å²) in [5.74, 6) is 0. The summed E-state index contributed by atoms with van der Waals surface area (Å²) in [4.78, 5) is 3.80. The zero-order valence-electron chi connectivity index (χ0n) is 5.83. The molecule has 56 valence electrons. The van der Waals surface area contributed by atoms with Crippen LogP contribution in [0.25, 0.3) is 0 Å². The van der Waals surface area contributed by atoms with E-state index in [1.807, 2.05) is 6.92 Å². The number of hydrogen-bond acceptors (Lipinski definition) is 3. The molecule has 0 radical (unpaired) electrons. The Morgan fingerprint density at radius 3 is 2.80 bits per heavy atom. The fraction of sp³-hybridized carbons (Fsp3) is 0.600. The van der Waals surface area contributed by atoms with Crippen LogP contribution < -0.4 is 4.74 Å². The molecule has 0 atom stereocenters. The molecule has 0 saturated carbocycles. The molecule has 1 heterocycles. The highest BCUT2D eigenvalue weighted by atomic mass is 35.5. The third-order valence-electron chi connectivity index (χ3n) is 1.09. The first-order valence-corrected chi connectivity index (χ1v) is 3.30. The minimum Gasteiger partial charge on any atom is -0.467 e. The molecule has 0 aliphatic heterocycles. The molecular formula is C5H8ClN3O. The summed E-state index contributed by atoms with van der Waals surface area (Å²) in [7, 11) is 1.53. The largest absolute Gasteiger partial charge is 0.467 e. The second-order valence-corrected chi connectivity index (χ2v) is 2.02. The first-order valence-electron chi connectivity index (χ1n) is 2.92. The molecule has 0 fully saturated rings. The fourth-order valence-corrected chi connectivity index (χ4v) is 0.822. The Hall–Kier alpha value is -0.770. The van der Waals surface area contributed by atoms with Crippen LogP contribution in [0.5, 0.6) is 6.01 Å². The van der Waals surface area contributed by atoms with Gasteiger partial charge in [0.25, 0.3) is 0 Å². The van der Waals surface area contributed by atoms with Crippen LogP contribution in [0.15, 0.2) is 0 Å². The van der Waals surface area contributed by atoms with Crippen molar-refractivity contribution >= 4 is 11.6 Å². The lowest BCUT2D eigenvalue weighted by Gasteiger charge is -1.97. The Labute approximate surface area is 63.8 Å². The SMILES string of the molecule is CCn1nc(Cl)nc1OC. The molecule has 0 spiro atoms. The van der Waals surface area contributed by atoms with E-state index in [1.165, 1.54) is 7.11 Å². The van der Waals surface area contributed by atoms with Crippen molar-refractivity contribution in [3.05, 3.63) is 5.28 Å². The molecule has 4 nitrogen and oxygen atoms in total. The topological polar surface area (TPSA) is 39.9 Å². The zero-order valence-corrected chi connectivity index (χ0v) is 6.59. The summed E-state index contributed by atoms with van der Waals surface area (Å²) in [6.07, 6.45) is 0. The molecule has 0 aromatic carbocycles. The van der Waals surface area contributed by atoms with Gasteiger partial charge in [-0.2, -0.15) is 4.98 Å². The maximum atomic E-state index is 5.50. The molecule has 0 aliphatic rings. The van der Waals surface area contributed by atoms with Gasteiger partial charge in [-0.15, -0.1) is 5.10 Å². The molecule has 1 rings (SSSR count). The lowest BCUT2D eigenvalue weighted by molar-refractivity contribution is 0.350. The van der Waals surface area contributed by atoms with E-state index in [9.17, 15) is 0 Å². The Bertz CT molecular complexity index is 201.